The molecule has 2 amide bonds. The molecule has 0 radical (unpaired) electrons. The molecule has 1 aliphatic heterocycles. The molecule has 26 heavy (non-hydrogen) atoms. The van der Waals surface area contributed by atoms with Crippen LogP contribution in [-0.2, 0) is 17.6 Å². The Labute approximate surface area is 154 Å². The van der Waals surface area contributed by atoms with Crippen molar-refractivity contribution in [3.05, 3.63) is 65.0 Å². The summed E-state index contributed by atoms with van der Waals surface area (Å²) in [5.74, 6) is 0.137. The molecule has 0 N–H and O–H groups in total. The Kier molecular flexibility index (Phi) is 5.66. The van der Waals surface area contributed by atoms with Gasteiger partial charge < -0.3 is 9.80 Å². The third-order valence-corrected chi connectivity index (χ3v) is 4.86. The Morgan fingerprint density at radius 3 is 2.12 bits per heavy atom. The zero-order valence-corrected chi connectivity index (χ0v) is 15.4. The number of hydrogen-bond donors (Lipinski definition) is 0. The van der Waals surface area contributed by atoms with Crippen LogP contribution < -0.4 is 0 Å². The summed E-state index contributed by atoms with van der Waals surface area (Å²) in [6, 6.07) is 11.7. The molecule has 0 unspecified atom stereocenters. The highest BCUT2D eigenvalue weighted by Crippen LogP contribution is 2.12. The van der Waals surface area contributed by atoms with Crippen LogP contribution in [0.1, 0.15) is 34.1 Å². The molecule has 1 aromatic heterocycles. The van der Waals surface area contributed by atoms with E-state index in [-0.39, 0.29) is 11.8 Å². The first-order valence-corrected chi connectivity index (χ1v) is 9.14. The number of hydrogen-bond acceptors (Lipinski definition) is 3. The van der Waals surface area contributed by atoms with Crippen molar-refractivity contribution in [2.75, 3.05) is 26.2 Å². The average molecular weight is 351 g/mol. The molecule has 1 aromatic carbocycles. The number of aryl methyl sites for hydroxylation is 2. The monoisotopic (exact) mass is 351 g/mol. The first-order chi connectivity index (χ1) is 12.6. The van der Waals surface area contributed by atoms with Crippen LogP contribution >= 0.6 is 0 Å². The molecule has 1 saturated heterocycles. The summed E-state index contributed by atoms with van der Waals surface area (Å²) in [6.45, 7) is 6.34. The second kappa shape index (κ2) is 8.13. The molecule has 1 aliphatic rings. The highest BCUT2D eigenvalue weighted by atomic mass is 16.2. The van der Waals surface area contributed by atoms with Crippen molar-refractivity contribution in [2.45, 2.75) is 26.7 Å². The number of carbonyl (C=O) groups excluding carboxylic acids is 2. The lowest BCUT2D eigenvalue weighted by Gasteiger charge is -2.35. The molecule has 0 saturated carbocycles. The molecule has 136 valence electrons. The van der Waals surface area contributed by atoms with Crippen molar-refractivity contribution < 1.29 is 9.59 Å². The third kappa shape index (κ3) is 4.28. The molecule has 5 nitrogen and oxygen atoms in total. The van der Waals surface area contributed by atoms with E-state index in [1.807, 2.05) is 53.1 Å². The van der Waals surface area contributed by atoms with E-state index in [4.69, 9.17) is 0 Å². The maximum Gasteiger partial charge on any atom is 0.253 e. The second-order valence-electron chi connectivity index (χ2n) is 6.71. The Bertz CT molecular complexity index is 761. The SMILES string of the molecule is CCc1ccc(C(=O)N2CCN(C(=O)Cc3ccc(C)nc3)CC2)cc1. The topological polar surface area (TPSA) is 53.5 Å². The molecular weight excluding hydrogens is 326 g/mol. The maximum atomic E-state index is 12.6. The number of benzene rings is 1. The zero-order chi connectivity index (χ0) is 18.5. The van der Waals surface area contributed by atoms with Gasteiger partial charge in [-0.1, -0.05) is 25.1 Å². The molecule has 0 bridgehead atoms. The van der Waals surface area contributed by atoms with E-state index in [1.54, 1.807) is 6.20 Å². The van der Waals surface area contributed by atoms with E-state index in [1.165, 1.54) is 5.56 Å². The number of piperazine rings is 1. The van der Waals surface area contributed by atoms with Gasteiger partial charge in [0, 0.05) is 43.6 Å². The maximum absolute atomic E-state index is 12.6. The number of aromatic nitrogens is 1. The molecule has 3 rings (SSSR count). The first-order valence-electron chi connectivity index (χ1n) is 9.14. The predicted octanol–water partition coefficient (Wildman–Crippen LogP) is 2.48. The van der Waals surface area contributed by atoms with Gasteiger partial charge in [-0.3, -0.25) is 14.6 Å². The normalized spacial score (nSPS) is 14.4. The fraction of sp³-hybridized carbons (Fsp3) is 0.381. The second-order valence-corrected chi connectivity index (χ2v) is 6.71. The van der Waals surface area contributed by atoms with Crippen LogP contribution in [0.4, 0.5) is 0 Å². The smallest absolute Gasteiger partial charge is 0.253 e. The van der Waals surface area contributed by atoms with Gasteiger partial charge in [-0.2, -0.15) is 0 Å². The number of nitrogens with zero attached hydrogens (tertiary/aromatic N) is 3. The van der Waals surface area contributed by atoms with Gasteiger partial charge in [0.25, 0.3) is 5.91 Å². The summed E-state index contributed by atoms with van der Waals surface area (Å²) >= 11 is 0. The predicted molar refractivity (Wildman–Crippen MR) is 101 cm³/mol. The molecular formula is C21H25N3O2. The van der Waals surface area contributed by atoms with Gasteiger partial charge in [-0.15, -0.1) is 0 Å². The van der Waals surface area contributed by atoms with Crippen LogP contribution in [0.5, 0.6) is 0 Å². The van der Waals surface area contributed by atoms with Crippen LogP contribution in [0.3, 0.4) is 0 Å². The number of carbonyl (C=O) groups is 2. The third-order valence-electron chi connectivity index (χ3n) is 4.86. The summed E-state index contributed by atoms with van der Waals surface area (Å²) in [5.41, 5.74) is 3.81. The molecule has 5 heteroatoms. The van der Waals surface area contributed by atoms with Crippen LogP contribution in [0.15, 0.2) is 42.6 Å². The number of amides is 2. The number of pyridine rings is 1. The van der Waals surface area contributed by atoms with Crippen molar-refractivity contribution in [2.24, 2.45) is 0 Å². The van der Waals surface area contributed by atoms with Gasteiger partial charge in [-0.25, -0.2) is 0 Å². The Morgan fingerprint density at radius 2 is 1.54 bits per heavy atom. The van der Waals surface area contributed by atoms with Crippen LogP contribution in [0.2, 0.25) is 0 Å². The average Bonchev–Trinajstić information content (AvgIpc) is 2.69. The molecule has 2 aromatic rings. The van der Waals surface area contributed by atoms with Crippen molar-refractivity contribution in [1.82, 2.24) is 14.8 Å². The molecule has 2 heterocycles. The lowest BCUT2D eigenvalue weighted by molar-refractivity contribution is -0.131. The van der Waals surface area contributed by atoms with Gasteiger partial charge in [0.1, 0.15) is 0 Å². The van der Waals surface area contributed by atoms with Gasteiger partial charge in [0.15, 0.2) is 0 Å². The quantitative estimate of drug-likeness (QED) is 0.850. The van der Waals surface area contributed by atoms with E-state index in [0.717, 1.165) is 17.7 Å². The molecule has 0 atom stereocenters. The highest BCUT2D eigenvalue weighted by molar-refractivity contribution is 5.94. The van der Waals surface area contributed by atoms with E-state index < -0.39 is 0 Å². The summed E-state index contributed by atoms with van der Waals surface area (Å²) in [7, 11) is 0. The van der Waals surface area contributed by atoms with Gasteiger partial charge >= 0.3 is 0 Å². The fourth-order valence-electron chi connectivity index (χ4n) is 3.11. The van der Waals surface area contributed by atoms with Crippen LogP contribution in [0.25, 0.3) is 0 Å². The summed E-state index contributed by atoms with van der Waals surface area (Å²) in [5, 5.41) is 0. The summed E-state index contributed by atoms with van der Waals surface area (Å²) in [6.07, 6.45) is 3.08. The minimum Gasteiger partial charge on any atom is -0.339 e. The minimum absolute atomic E-state index is 0.0440. The Morgan fingerprint density at radius 1 is 0.923 bits per heavy atom. The van der Waals surface area contributed by atoms with Crippen molar-refractivity contribution in [3.8, 4) is 0 Å². The highest BCUT2D eigenvalue weighted by Gasteiger charge is 2.24. The minimum atomic E-state index is 0.0440. The van der Waals surface area contributed by atoms with Crippen molar-refractivity contribution in [3.63, 3.8) is 0 Å². The van der Waals surface area contributed by atoms with E-state index in [2.05, 4.69) is 11.9 Å². The number of rotatable bonds is 4. The van der Waals surface area contributed by atoms with Crippen molar-refractivity contribution >= 4 is 11.8 Å². The molecule has 0 aliphatic carbocycles. The standard InChI is InChI=1S/C21H25N3O2/c1-3-17-6-8-19(9-7-17)21(26)24-12-10-23(11-13-24)20(25)14-18-5-4-16(2)22-15-18/h4-9,15H,3,10-14H2,1-2H3. The Hall–Kier alpha value is -2.69. The van der Waals surface area contributed by atoms with Crippen LogP contribution in [0, 0.1) is 6.92 Å². The van der Waals surface area contributed by atoms with E-state index >= 15 is 0 Å². The largest absolute Gasteiger partial charge is 0.339 e. The lowest BCUT2D eigenvalue weighted by Crippen LogP contribution is -2.51. The van der Waals surface area contributed by atoms with Gasteiger partial charge in [0.2, 0.25) is 5.91 Å². The van der Waals surface area contributed by atoms with E-state index in [0.29, 0.717) is 38.2 Å². The first kappa shape index (κ1) is 18.1. The van der Waals surface area contributed by atoms with Crippen molar-refractivity contribution in [1.29, 1.82) is 0 Å². The summed E-state index contributed by atoms with van der Waals surface area (Å²) < 4.78 is 0. The molecule has 0 spiro atoms. The van der Waals surface area contributed by atoms with E-state index in [9.17, 15) is 9.59 Å². The van der Waals surface area contributed by atoms with Crippen LogP contribution in [-0.4, -0.2) is 52.8 Å². The zero-order valence-electron chi connectivity index (χ0n) is 15.4. The van der Waals surface area contributed by atoms with Gasteiger partial charge in [0.05, 0.1) is 6.42 Å². The lowest BCUT2D eigenvalue weighted by atomic mass is 10.1. The Balaban J connectivity index is 1.53. The van der Waals surface area contributed by atoms with Gasteiger partial charge in [-0.05, 0) is 42.7 Å². The molecule has 1 fully saturated rings. The fourth-order valence-corrected chi connectivity index (χ4v) is 3.11. The summed E-state index contributed by atoms with van der Waals surface area (Å²) in [4.78, 5) is 33.0.